The average Bonchev–Trinajstić information content (AvgIpc) is 2.13. The molecule has 0 spiro atoms. The lowest BCUT2D eigenvalue weighted by atomic mass is 10.1. The smallest absolute Gasteiger partial charge is 0.236 e. The van der Waals surface area contributed by atoms with Crippen LogP contribution in [0.25, 0.3) is 0 Å². The highest BCUT2D eigenvalue weighted by Gasteiger charge is 2.13. The van der Waals surface area contributed by atoms with Crippen LogP contribution in [0, 0.1) is 0 Å². The summed E-state index contributed by atoms with van der Waals surface area (Å²) in [4.78, 5) is 13.7. The van der Waals surface area contributed by atoms with E-state index in [1.54, 1.807) is 0 Å². The van der Waals surface area contributed by atoms with Gasteiger partial charge >= 0.3 is 0 Å². The van der Waals surface area contributed by atoms with Crippen molar-refractivity contribution in [1.82, 2.24) is 10.2 Å². The Labute approximate surface area is 86.9 Å². The molecule has 0 aromatic carbocycles. The van der Waals surface area contributed by atoms with Crippen LogP contribution in [0.1, 0.15) is 39.0 Å². The van der Waals surface area contributed by atoms with Crippen LogP contribution in [0.2, 0.25) is 0 Å². The summed E-state index contributed by atoms with van der Waals surface area (Å²) in [5.74, 6) is 0.272. The molecule has 14 heavy (non-hydrogen) atoms. The molecule has 1 fully saturated rings. The van der Waals surface area contributed by atoms with Crippen molar-refractivity contribution in [2.24, 2.45) is 0 Å². The van der Waals surface area contributed by atoms with E-state index in [1.165, 1.54) is 32.1 Å². The largest absolute Gasteiger partial charge is 0.342 e. The summed E-state index contributed by atoms with van der Waals surface area (Å²) in [6.45, 7) is 5.34. The molecule has 1 N–H and O–H groups in total. The van der Waals surface area contributed by atoms with Crippen LogP contribution in [0.3, 0.4) is 0 Å². The van der Waals surface area contributed by atoms with Crippen LogP contribution < -0.4 is 5.32 Å². The monoisotopic (exact) mass is 198 g/mol. The number of hydrogen-bond acceptors (Lipinski definition) is 2. The molecule has 1 aliphatic heterocycles. The van der Waals surface area contributed by atoms with Gasteiger partial charge in [-0.25, -0.2) is 0 Å². The Morgan fingerprint density at radius 3 is 2.29 bits per heavy atom. The molecule has 1 amide bonds. The number of rotatable bonds is 3. The number of carbonyl (C=O) groups excluding carboxylic acids is 1. The lowest BCUT2D eigenvalue weighted by molar-refractivity contribution is -0.130. The van der Waals surface area contributed by atoms with Gasteiger partial charge in [-0.05, 0) is 19.4 Å². The predicted octanol–water partition coefficient (Wildman–Crippen LogP) is 1.39. The van der Waals surface area contributed by atoms with Gasteiger partial charge in [0.15, 0.2) is 0 Å². The fourth-order valence-corrected chi connectivity index (χ4v) is 1.84. The Hall–Kier alpha value is -0.570. The van der Waals surface area contributed by atoms with Gasteiger partial charge in [-0.15, -0.1) is 0 Å². The summed E-state index contributed by atoms with van der Waals surface area (Å²) in [6.07, 6.45) is 6.26. The second-order valence-corrected chi connectivity index (χ2v) is 3.93. The molecule has 1 aliphatic rings. The number of likely N-dealkylation sites (tertiary alicyclic amines) is 1. The van der Waals surface area contributed by atoms with E-state index >= 15 is 0 Å². The highest BCUT2D eigenvalue weighted by Crippen LogP contribution is 2.10. The Morgan fingerprint density at radius 2 is 1.71 bits per heavy atom. The van der Waals surface area contributed by atoms with Gasteiger partial charge in [-0.3, -0.25) is 4.79 Å². The standard InChI is InChI=1S/C11H22N2O/c1-2-12-10-11(14)13-8-6-4-3-5-7-9-13/h12H,2-10H2,1H3. The van der Waals surface area contributed by atoms with E-state index < -0.39 is 0 Å². The Bertz CT molecular complexity index is 163. The summed E-state index contributed by atoms with van der Waals surface area (Å²) >= 11 is 0. The molecule has 0 bridgehead atoms. The minimum atomic E-state index is 0.272. The van der Waals surface area contributed by atoms with E-state index in [0.717, 1.165) is 19.6 Å². The van der Waals surface area contributed by atoms with Crippen molar-refractivity contribution in [2.45, 2.75) is 39.0 Å². The molecule has 0 aromatic heterocycles. The molecule has 82 valence electrons. The Balaban J connectivity index is 2.27. The van der Waals surface area contributed by atoms with Crippen molar-refractivity contribution < 1.29 is 4.79 Å². The zero-order valence-corrected chi connectivity index (χ0v) is 9.22. The van der Waals surface area contributed by atoms with E-state index in [0.29, 0.717) is 6.54 Å². The van der Waals surface area contributed by atoms with Gasteiger partial charge in [0.05, 0.1) is 6.54 Å². The first kappa shape index (κ1) is 11.5. The summed E-state index contributed by atoms with van der Waals surface area (Å²) in [7, 11) is 0. The maximum Gasteiger partial charge on any atom is 0.236 e. The Kier molecular flexibility index (Phi) is 5.60. The lowest BCUT2D eigenvalue weighted by Gasteiger charge is -2.24. The van der Waals surface area contributed by atoms with Crippen LogP contribution in [-0.2, 0) is 4.79 Å². The molecule has 0 aromatic rings. The fraction of sp³-hybridized carbons (Fsp3) is 0.909. The van der Waals surface area contributed by atoms with E-state index in [4.69, 9.17) is 0 Å². The second-order valence-electron chi connectivity index (χ2n) is 3.93. The summed E-state index contributed by atoms with van der Waals surface area (Å²) in [5.41, 5.74) is 0. The molecule has 1 rings (SSSR count). The molecule has 0 atom stereocenters. The minimum Gasteiger partial charge on any atom is -0.342 e. The first-order valence-electron chi connectivity index (χ1n) is 5.83. The molecule has 3 heteroatoms. The van der Waals surface area contributed by atoms with Crippen LogP contribution in [0.15, 0.2) is 0 Å². The third kappa shape index (κ3) is 4.09. The molecule has 0 unspecified atom stereocenters. The summed E-state index contributed by atoms with van der Waals surface area (Å²) in [5, 5.41) is 3.09. The molecule has 0 aliphatic carbocycles. The highest BCUT2D eigenvalue weighted by molar-refractivity contribution is 5.78. The van der Waals surface area contributed by atoms with Gasteiger partial charge in [0.2, 0.25) is 5.91 Å². The van der Waals surface area contributed by atoms with Gasteiger partial charge in [-0.2, -0.15) is 0 Å². The second kappa shape index (κ2) is 6.82. The highest BCUT2D eigenvalue weighted by atomic mass is 16.2. The van der Waals surface area contributed by atoms with E-state index in [2.05, 4.69) is 5.32 Å². The third-order valence-corrected chi connectivity index (χ3v) is 2.73. The number of nitrogens with zero attached hydrogens (tertiary/aromatic N) is 1. The van der Waals surface area contributed by atoms with E-state index in [1.807, 2.05) is 11.8 Å². The van der Waals surface area contributed by atoms with Crippen molar-refractivity contribution in [2.75, 3.05) is 26.2 Å². The quantitative estimate of drug-likeness (QED) is 0.743. The van der Waals surface area contributed by atoms with E-state index in [9.17, 15) is 4.79 Å². The van der Waals surface area contributed by atoms with Crippen molar-refractivity contribution in [3.05, 3.63) is 0 Å². The van der Waals surface area contributed by atoms with Crippen molar-refractivity contribution >= 4 is 5.91 Å². The number of likely N-dealkylation sites (N-methyl/N-ethyl adjacent to an activating group) is 1. The molecular formula is C11H22N2O. The van der Waals surface area contributed by atoms with E-state index in [-0.39, 0.29) is 5.91 Å². The zero-order valence-electron chi connectivity index (χ0n) is 9.22. The normalized spacial score (nSPS) is 18.8. The van der Waals surface area contributed by atoms with Gasteiger partial charge in [0, 0.05) is 13.1 Å². The van der Waals surface area contributed by atoms with Gasteiger partial charge in [0.25, 0.3) is 0 Å². The summed E-state index contributed by atoms with van der Waals surface area (Å²) in [6, 6.07) is 0. The first-order chi connectivity index (χ1) is 6.84. The number of nitrogens with one attached hydrogen (secondary N) is 1. The maximum atomic E-state index is 11.7. The predicted molar refractivity (Wildman–Crippen MR) is 58.2 cm³/mol. The molecular weight excluding hydrogens is 176 g/mol. The lowest BCUT2D eigenvalue weighted by Crippen LogP contribution is -2.39. The zero-order chi connectivity index (χ0) is 10.2. The Morgan fingerprint density at radius 1 is 1.14 bits per heavy atom. The van der Waals surface area contributed by atoms with Crippen molar-refractivity contribution in [3.63, 3.8) is 0 Å². The van der Waals surface area contributed by atoms with Crippen LogP contribution in [-0.4, -0.2) is 37.0 Å². The van der Waals surface area contributed by atoms with Crippen LogP contribution in [0.5, 0.6) is 0 Å². The average molecular weight is 198 g/mol. The van der Waals surface area contributed by atoms with Gasteiger partial charge in [-0.1, -0.05) is 26.2 Å². The molecule has 1 saturated heterocycles. The number of hydrogen-bond donors (Lipinski definition) is 1. The van der Waals surface area contributed by atoms with Crippen molar-refractivity contribution in [1.29, 1.82) is 0 Å². The number of amides is 1. The fourth-order valence-electron chi connectivity index (χ4n) is 1.84. The SMILES string of the molecule is CCNCC(=O)N1CCCCCCC1. The first-order valence-corrected chi connectivity index (χ1v) is 5.83. The molecule has 3 nitrogen and oxygen atoms in total. The molecule has 0 saturated carbocycles. The molecule has 0 radical (unpaired) electrons. The topological polar surface area (TPSA) is 32.3 Å². The van der Waals surface area contributed by atoms with Crippen LogP contribution >= 0.6 is 0 Å². The summed E-state index contributed by atoms with van der Waals surface area (Å²) < 4.78 is 0. The van der Waals surface area contributed by atoms with Gasteiger partial charge in [0.1, 0.15) is 0 Å². The minimum absolute atomic E-state index is 0.272. The van der Waals surface area contributed by atoms with Crippen LogP contribution in [0.4, 0.5) is 0 Å². The van der Waals surface area contributed by atoms with Gasteiger partial charge < -0.3 is 10.2 Å². The number of carbonyl (C=O) groups is 1. The third-order valence-electron chi connectivity index (χ3n) is 2.73. The maximum absolute atomic E-state index is 11.7. The molecule has 1 heterocycles. The van der Waals surface area contributed by atoms with Crippen molar-refractivity contribution in [3.8, 4) is 0 Å².